The smallest absolute Gasteiger partial charge is 0.430 e. The molecule has 41 heavy (non-hydrogen) atoms. The van der Waals surface area contributed by atoms with Gasteiger partial charge in [-0.25, -0.2) is 8.42 Å². The number of fused-ring (bicyclic) bond motifs is 1. The first kappa shape index (κ1) is 31.9. The Labute approximate surface area is 229 Å². The van der Waals surface area contributed by atoms with Gasteiger partial charge in [0.25, 0.3) is 11.5 Å². The lowest BCUT2D eigenvalue weighted by atomic mass is 9.91. The quantitative estimate of drug-likeness (QED) is 0.387. The highest BCUT2D eigenvalue weighted by atomic mass is 32.2. The molecule has 0 spiro atoms. The zero-order valence-corrected chi connectivity index (χ0v) is 22.0. The van der Waals surface area contributed by atoms with E-state index in [1.165, 1.54) is 25.1 Å². The van der Waals surface area contributed by atoms with Crippen molar-refractivity contribution in [2.45, 2.75) is 55.1 Å². The standard InChI is InChI=1S/C25H24F6N2O7S/c1-2-41(39,40)17-7-8-18-14(13-17)11-12-33(19(34)9-10-20(35)36)21(18)22(37)32-16-5-3-15(4-6-16)23(38,24(26,27)28)25(29,30)31/h3-8,13,21,38H,2,9-12H2,1H3,(H,32,37)(H,35,36). The van der Waals surface area contributed by atoms with Gasteiger partial charge in [0.05, 0.1) is 17.1 Å². The number of carboxylic acid groups (broad SMARTS) is 1. The van der Waals surface area contributed by atoms with E-state index in [1.54, 1.807) is 0 Å². The summed E-state index contributed by atoms with van der Waals surface area (Å²) in [5.74, 6) is -3.15. The number of hydrogen-bond acceptors (Lipinski definition) is 6. The van der Waals surface area contributed by atoms with Crippen LogP contribution in [0.25, 0.3) is 0 Å². The van der Waals surface area contributed by atoms with Gasteiger partial charge in [0, 0.05) is 24.2 Å². The molecule has 0 aliphatic carbocycles. The minimum Gasteiger partial charge on any atom is -0.481 e. The fourth-order valence-corrected chi connectivity index (χ4v) is 5.30. The predicted molar refractivity (Wildman–Crippen MR) is 130 cm³/mol. The maximum Gasteiger partial charge on any atom is 0.430 e. The van der Waals surface area contributed by atoms with E-state index in [-0.39, 0.29) is 34.9 Å². The third-order valence-corrected chi connectivity index (χ3v) is 8.33. The van der Waals surface area contributed by atoms with Crippen molar-refractivity contribution in [2.75, 3.05) is 17.6 Å². The number of alkyl halides is 6. The third kappa shape index (κ3) is 6.32. The molecule has 0 fully saturated rings. The van der Waals surface area contributed by atoms with Crippen LogP contribution in [0.4, 0.5) is 32.0 Å². The Balaban J connectivity index is 1.98. The summed E-state index contributed by atoms with van der Waals surface area (Å²) in [6.07, 6.45) is -13.1. The molecule has 16 heteroatoms. The molecule has 1 aliphatic heterocycles. The molecule has 1 atom stereocenters. The highest BCUT2D eigenvalue weighted by molar-refractivity contribution is 7.91. The van der Waals surface area contributed by atoms with Gasteiger partial charge in [-0.15, -0.1) is 0 Å². The van der Waals surface area contributed by atoms with E-state index < -0.39 is 70.0 Å². The van der Waals surface area contributed by atoms with Crippen LogP contribution >= 0.6 is 0 Å². The zero-order valence-electron chi connectivity index (χ0n) is 21.2. The molecule has 0 saturated heterocycles. The minimum absolute atomic E-state index is 0.0269. The van der Waals surface area contributed by atoms with Crippen LogP contribution < -0.4 is 5.32 Å². The molecule has 0 bridgehead atoms. The maximum absolute atomic E-state index is 13.4. The summed E-state index contributed by atoms with van der Waals surface area (Å²) in [4.78, 5) is 38.2. The van der Waals surface area contributed by atoms with Gasteiger partial charge in [-0.2, -0.15) is 26.3 Å². The molecular formula is C25H24F6N2O7S. The number of benzene rings is 2. The van der Waals surface area contributed by atoms with E-state index in [9.17, 15) is 54.3 Å². The van der Waals surface area contributed by atoms with E-state index in [0.29, 0.717) is 29.8 Å². The molecule has 2 aromatic carbocycles. The van der Waals surface area contributed by atoms with Gasteiger partial charge < -0.3 is 20.4 Å². The van der Waals surface area contributed by atoms with Gasteiger partial charge in [-0.3, -0.25) is 14.4 Å². The van der Waals surface area contributed by atoms with Crippen molar-refractivity contribution in [3.8, 4) is 0 Å². The van der Waals surface area contributed by atoms with Gasteiger partial charge in [0.15, 0.2) is 9.84 Å². The molecular weight excluding hydrogens is 586 g/mol. The predicted octanol–water partition coefficient (Wildman–Crippen LogP) is 3.72. The number of aliphatic carboxylic acids is 1. The van der Waals surface area contributed by atoms with Gasteiger partial charge in [-0.05, 0) is 41.8 Å². The van der Waals surface area contributed by atoms with Crippen LogP contribution in [0.5, 0.6) is 0 Å². The number of anilines is 1. The van der Waals surface area contributed by atoms with Crippen molar-refractivity contribution in [1.82, 2.24) is 4.90 Å². The summed E-state index contributed by atoms with van der Waals surface area (Å²) in [6.45, 7) is 1.33. The summed E-state index contributed by atoms with van der Waals surface area (Å²) in [5, 5.41) is 20.8. The summed E-state index contributed by atoms with van der Waals surface area (Å²) in [5.41, 5.74) is -6.39. The molecule has 9 nitrogen and oxygen atoms in total. The van der Waals surface area contributed by atoms with E-state index in [1.807, 2.05) is 0 Å². The molecule has 0 saturated carbocycles. The van der Waals surface area contributed by atoms with Crippen molar-refractivity contribution in [1.29, 1.82) is 0 Å². The fraction of sp³-hybridized carbons (Fsp3) is 0.400. The van der Waals surface area contributed by atoms with Crippen LogP contribution in [0.3, 0.4) is 0 Å². The molecule has 0 aromatic heterocycles. The Bertz CT molecular complexity index is 1430. The third-order valence-electron chi connectivity index (χ3n) is 6.59. The van der Waals surface area contributed by atoms with Gasteiger partial charge in [-0.1, -0.05) is 25.1 Å². The van der Waals surface area contributed by atoms with E-state index >= 15 is 0 Å². The second-order valence-corrected chi connectivity index (χ2v) is 11.4. The lowest BCUT2D eigenvalue weighted by molar-refractivity contribution is -0.376. The minimum atomic E-state index is -6.11. The molecule has 1 aliphatic rings. The van der Waals surface area contributed by atoms with Crippen LogP contribution in [0.15, 0.2) is 47.4 Å². The molecule has 0 radical (unpaired) electrons. The topological polar surface area (TPSA) is 141 Å². The van der Waals surface area contributed by atoms with Gasteiger partial charge >= 0.3 is 18.3 Å². The van der Waals surface area contributed by atoms with Crippen LogP contribution in [0, 0.1) is 0 Å². The Morgan fingerprint density at radius 3 is 2.07 bits per heavy atom. The SMILES string of the molecule is CCS(=O)(=O)c1ccc2c(c1)CCN(C(=O)CCC(=O)O)C2C(=O)Nc1ccc(C(O)(C(F)(F)F)C(F)(F)F)cc1. The van der Waals surface area contributed by atoms with Crippen molar-refractivity contribution in [3.63, 3.8) is 0 Å². The number of nitrogens with one attached hydrogen (secondary N) is 1. The Kier molecular flexibility index (Phi) is 8.79. The monoisotopic (exact) mass is 610 g/mol. The molecule has 2 aromatic rings. The first-order valence-corrected chi connectivity index (χ1v) is 13.6. The zero-order chi connectivity index (χ0) is 31.0. The number of carbonyl (C=O) groups is 3. The lowest BCUT2D eigenvalue weighted by Crippen LogP contribution is -2.53. The number of hydrogen-bond donors (Lipinski definition) is 3. The second kappa shape index (κ2) is 11.3. The van der Waals surface area contributed by atoms with Crippen molar-refractivity contribution in [3.05, 3.63) is 59.2 Å². The van der Waals surface area contributed by atoms with Gasteiger partial charge in [0.2, 0.25) is 5.91 Å². The molecule has 1 unspecified atom stereocenters. The lowest BCUT2D eigenvalue weighted by Gasteiger charge is -2.36. The highest BCUT2D eigenvalue weighted by Crippen LogP contribution is 2.50. The van der Waals surface area contributed by atoms with Crippen LogP contribution in [-0.2, 0) is 36.2 Å². The van der Waals surface area contributed by atoms with Crippen molar-refractivity contribution in [2.24, 2.45) is 0 Å². The molecule has 1 heterocycles. The molecule has 224 valence electrons. The van der Waals surface area contributed by atoms with Crippen LogP contribution in [-0.4, -0.2) is 66.0 Å². The van der Waals surface area contributed by atoms with Crippen LogP contribution in [0.2, 0.25) is 0 Å². The Morgan fingerprint density at radius 1 is 0.976 bits per heavy atom. The van der Waals surface area contributed by atoms with E-state index in [2.05, 4.69) is 5.32 Å². The number of sulfone groups is 1. The Hall–Kier alpha value is -3.66. The van der Waals surface area contributed by atoms with Crippen LogP contribution in [0.1, 0.15) is 42.5 Å². The van der Waals surface area contributed by atoms with E-state index in [0.717, 1.165) is 4.90 Å². The maximum atomic E-state index is 13.4. The second-order valence-electron chi connectivity index (χ2n) is 9.17. The summed E-state index contributed by atoms with van der Waals surface area (Å²) >= 11 is 0. The normalized spacial score (nSPS) is 16.2. The van der Waals surface area contributed by atoms with Gasteiger partial charge in [0.1, 0.15) is 6.04 Å². The molecule has 2 amide bonds. The highest BCUT2D eigenvalue weighted by Gasteiger charge is 2.71. The number of aliphatic hydroxyl groups is 1. The number of amides is 2. The largest absolute Gasteiger partial charge is 0.481 e. The number of carboxylic acids is 1. The average Bonchev–Trinajstić information content (AvgIpc) is 2.89. The first-order valence-electron chi connectivity index (χ1n) is 12.0. The number of halogens is 6. The summed E-state index contributed by atoms with van der Waals surface area (Å²) < 4.78 is 104. The van der Waals surface area contributed by atoms with Crippen molar-refractivity contribution >= 4 is 33.3 Å². The van der Waals surface area contributed by atoms with E-state index in [4.69, 9.17) is 5.11 Å². The molecule has 3 N–H and O–H groups in total. The molecule has 3 rings (SSSR count). The number of rotatable bonds is 8. The average molecular weight is 611 g/mol. The summed E-state index contributed by atoms with van der Waals surface area (Å²) in [7, 11) is -3.63. The van der Waals surface area contributed by atoms with Crippen molar-refractivity contribution < 1.29 is 59.4 Å². The summed E-state index contributed by atoms with van der Waals surface area (Å²) in [6, 6.07) is 4.53. The first-order chi connectivity index (χ1) is 18.8. The number of carbonyl (C=O) groups excluding carboxylic acids is 2. The Morgan fingerprint density at radius 2 is 1.56 bits per heavy atom. The number of nitrogens with zero attached hydrogens (tertiary/aromatic N) is 1. The fourth-order valence-electron chi connectivity index (χ4n) is 4.37.